The first-order valence-corrected chi connectivity index (χ1v) is 7.33. The van der Waals surface area contributed by atoms with Crippen LogP contribution >= 0.6 is 15.9 Å². The lowest BCUT2D eigenvalue weighted by Crippen LogP contribution is -2.36. The minimum absolute atomic E-state index is 0.327. The van der Waals surface area contributed by atoms with Gasteiger partial charge in [-0.15, -0.1) is 0 Å². The summed E-state index contributed by atoms with van der Waals surface area (Å²) < 4.78 is 38.8. The molecule has 0 aromatic carbocycles. The van der Waals surface area contributed by atoms with Gasteiger partial charge in [-0.1, -0.05) is 13.8 Å². The topological polar surface area (TPSA) is 28.2 Å². The summed E-state index contributed by atoms with van der Waals surface area (Å²) in [5.41, 5.74) is 0.763. The maximum atomic E-state index is 12.7. The maximum absolute atomic E-state index is 12.7. The zero-order chi connectivity index (χ0) is 15.2. The minimum Gasteiger partial charge on any atom is -0.347 e. The third kappa shape index (κ3) is 5.66. The van der Waals surface area contributed by atoms with Crippen molar-refractivity contribution in [2.75, 3.05) is 24.5 Å². The van der Waals surface area contributed by atoms with Crippen molar-refractivity contribution in [3.8, 4) is 0 Å². The van der Waals surface area contributed by atoms with Crippen LogP contribution < -0.4 is 10.2 Å². The largest absolute Gasteiger partial charge is 0.405 e. The Morgan fingerprint density at radius 2 is 2.05 bits per heavy atom. The number of alkyl halides is 3. The molecule has 0 radical (unpaired) electrons. The number of anilines is 1. The normalized spacial score (nSPS) is 11.7. The fraction of sp³-hybridized carbons (Fsp3) is 0.615. The Balaban J connectivity index is 3.04. The van der Waals surface area contributed by atoms with Crippen LogP contribution in [-0.2, 0) is 6.54 Å². The van der Waals surface area contributed by atoms with Gasteiger partial charge in [0.25, 0.3) is 0 Å². The van der Waals surface area contributed by atoms with Gasteiger partial charge in [-0.05, 0) is 35.0 Å². The monoisotopic (exact) mass is 353 g/mol. The predicted molar refractivity (Wildman–Crippen MR) is 77.9 cm³/mol. The van der Waals surface area contributed by atoms with Crippen LogP contribution in [-0.4, -0.2) is 30.8 Å². The summed E-state index contributed by atoms with van der Waals surface area (Å²) in [6.45, 7) is 4.40. The molecule has 0 aliphatic rings. The summed E-state index contributed by atoms with van der Waals surface area (Å²) in [4.78, 5) is 5.46. The maximum Gasteiger partial charge on any atom is 0.405 e. The van der Waals surface area contributed by atoms with E-state index in [9.17, 15) is 13.2 Å². The predicted octanol–water partition coefficient (Wildman–Crippen LogP) is 3.73. The second-order valence-electron chi connectivity index (χ2n) is 4.45. The molecular formula is C13H19BrF3N3. The van der Waals surface area contributed by atoms with Crippen LogP contribution in [0.1, 0.15) is 25.8 Å². The summed E-state index contributed by atoms with van der Waals surface area (Å²) in [7, 11) is 0. The smallest absolute Gasteiger partial charge is 0.347 e. The first-order chi connectivity index (χ1) is 9.37. The molecule has 0 spiro atoms. The summed E-state index contributed by atoms with van der Waals surface area (Å²) in [6, 6.07) is 1.81. The first-order valence-electron chi connectivity index (χ1n) is 6.54. The number of nitrogens with one attached hydrogen (secondary N) is 1. The molecule has 0 amide bonds. The van der Waals surface area contributed by atoms with Gasteiger partial charge in [0.1, 0.15) is 12.4 Å². The molecular weight excluding hydrogens is 335 g/mol. The van der Waals surface area contributed by atoms with E-state index >= 15 is 0 Å². The molecule has 7 heteroatoms. The molecule has 0 aliphatic carbocycles. The molecule has 1 aromatic rings. The Hall–Kier alpha value is -0.820. The number of hydrogen-bond acceptors (Lipinski definition) is 3. The average molecular weight is 354 g/mol. The van der Waals surface area contributed by atoms with Gasteiger partial charge in [-0.25, -0.2) is 4.98 Å². The van der Waals surface area contributed by atoms with Crippen LogP contribution in [0, 0.1) is 0 Å². The number of hydrogen-bond donors (Lipinski definition) is 1. The fourth-order valence-electron chi connectivity index (χ4n) is 1.89. The molecule has 0 bridgehead atoms. The van der Waals surface area contributed by atoms with Gasteiger partial charge >= 0.3 is 6.18 Å². The van der Waals surface area contributed by atoms with Gasteiger partial charge in [0.2, 0.25) is 0 Å². The van der Waals surface area contributed by atoms with E-state index in [-0.39, 0.29) is 0 Å². The van der Waals surface area contributed by atoms with E-state index in [0.717, 1.165) is 16.6 Å². The molecule has 3 nitrogen and oxygen atoms in total. The number of aromatic nitrogens is 1. The van der Waals surface area contributed by atoms with Crippen LogP contribution in [0.5, 0.6) is 0 Å². The van der Waals surface area contributed by atoms with Crippen molar-refractivity contribution in [2.24, 2.45) is 0 Å². The van der Waals surface area contributed by atoms with Gasteiger partial charge in [-0.3, -0.25) is 0 Å². The summed E-state index contributed by atoms with van der Waals surface area (Å²) >= 11 is 3.31. The van der Waals surface area contributed by atoms with Crippen LogP contribution in [0.4, 0.5) is 19.0 Å². The Morgan fingerprint density at radius 3 is 2.60 bits per heavy atom. The van der Waals surface area contributed by atoms with E-state index in [0.29, 0.717) is 25.3 Å². The van der Waals surface area contributed by atoms with E-state index in [1.54, 1.807) is 0 Å². The summed E-state index contributed by atoms with van der Waals surface area (Å²) in [5, 5.41) is 3.12. The van der Waals surface area contributed by atoms with Crippen molar-refractivity contribution >= 4 is 21.7 Å². The first kappa shape index (κ1) is 17.2. The van der Waals surface area contributed by atoms with Gasteiger partial charge in [-0.2, -0.15) is 13.2 Å². The van der Waals surface area contributed by atoms with Crippen molar-refractivity contribution in [3.63, 3.8) is 0 Å². The lowest BCUT2D eigenvalue weighted by atomic mass is 10.2. The third-order valence-electron chi connectivity index (χ3n) is 2.64. The highest BCUT2D eigenvalue weighted by Gasteiger charge is 2.31. The number of halogens is 4. The van der Waals surface area contributed by atoms with E-state index in [1.807, 2.05) is 19.9 Å². The van der Waals surface area contributed by atoms with E-state index < -0.39 is 12.7 Å². The molecule has 0 unspecified atom stereocenters. The summed E-state index contributed by atoms with van der Waals surface area (Å²) in [5.74, 6) is 0.397. The number of nitrogens with zero attached hydrogens (tertiary/aromatic N) is 2. The lowest BCUT2D eigenvalue weighted by molar-refractivity contribution is -0.119. The zero-order valence-electron chi connectivity index (χ0n) is 11.6. The van der Waals surface area contributed by atoms with E-state index in [4.69, 9.17) is 0 Å². The Labute approximate surface area is 125 Å². The van der Waals surface area contributed by atoms with Crippen molar-refractivity contribution in [2.45, 2.75) is 33.0 Å². The fourth-order valence-corrected chi connectivity index (χ4v) is 2.27. The molecule has 0 saturated heterocycles. The highest BCUT2D eigenvalue weighted by molar-refractivity contribution is 9.10. The zero-order valence-corrected chi connectivity index (χ0v) is 13.2. The molecule has 0 saturated carbocycles. The van der Waals surface area contributed by atoms with Crippen molar-refractivity contribution < 1.29 is 13.2 Å². The van der Waals surface area contributed by atoms with Crippen molar-refractivity contribution in [1.29, 1.82) is 0 Å². The van der Waals surface area contributed by atoms with Gasteiger partial charge < -0.3 is 10.2 Å². The SMILES string of the molecule is CCCN(CC(F)(F)F)c1ncc(Br)cc1CNCC. The van der Waals surface area contributed by atoms with E-state index in [2.05, 4.69) is 26.2 Å². The van der Waals surface area contributed by atoms with Crippen LogP contribution in [0.3, 0.4) is 0 Å². The Morgan fingerprint density at radius 1 is 1.35 bits per heavy atom. The second-order valence-corrected chi connectivity index (χ2v) is 5.37. The van der Waals surface area contributed by atoms with Crippen molar-refractivity contribution in [1.82, 2.24) is 10.3 Å². The second kappa shape index (κ2) is 7.83. The third-order valence-corrected chi connectivity index (χ3v) is 3.07. The van der Waals surface area contributed by atoms with Gasteiger partial charge in [0, 0.05) is 29.3 Å². The molecule has 20 heavy (non-hydrogen) atoms. The molecule has 0 atom stereocenters. The van der Waals surface area contributed by atoms with Crippen LogP contribution in [0.2, 0.25) is 0 Å². The molecule has 1 N–H and O–H groups in total. The lowest BCUT2D eigenvalue weighted by Gasteiger charge is -2.26. The van der Waals surface area contributed by atoms with E-state index in [1.165, 1.54) is 11.1 Å². The molecule has 0 aliphatic heterocycles. The van der Waals surface area contributed by atoms with Gasteiger partial charge in [0.15, 0.2) is 0 Å². The molecule has 1 heterocycles. The summed E-state index contributed by atoms with van der Waals surface area (Å²) in [6.07, 6.45) is -2.07. The number of rotatable bonds is 7. The van der Waals surface area contributed by atoms with Gasteiger partial charge in [0.05, 0.1) is 0 Å². The Kier molecular flexibility index (Phi) is 6.75. The standard InChI is InChI=1S/C13H19BrF3N3/c1-3-5-20(9-13(15,16)17)12-10(7-18-4-2)6-11(14)8-19-12/h6,8,18H,3-5,7,9H2,1-2H3. The highest BCUT2D eigenvalue weighted by Crippen LogP contribution is 2.25. The molecule has 1 rings (SSSR count). The minimum atomic E-state index is -4.24. The quantitative estimate of drug-likeness (QED) is 0.809. The highest BCUT2D eigenvalue weighted by atomic mass is 79.9. The van der Waals surface area contributed by atoms with Crippen LogP contribution in [0.25, 0.3) is 0 Å². The molecule has 0 fully saturated rings. The Bertz CT molecular complexity index is 424. The van der Waals surface area contributed by atoms with Crippen LogP contribution in [0.15, 0.2) is 16.7 Å². The molecule has 1 aromatic heterocycles. The average Bonchev–Trinajstić information content (AvgIpc) is 2.34. The van der Waals surface area contributed by atoms with Crippen molar-refractivity contribution in [3.05, 3.63) is 22.3 Å². The molecule has 114 valence electrons. The number of pyridine rings is 1.